The predicted octanol–water partition coefficient (Wildman–Crippen LogP) is 1.80. The van der Waals surface area contributed by atoms with E-state index in [9.17, 15) is 18.0 Å². The standard InChI is InChI=1S/C17H24BrN3O6S/c1-17(28(2,24)25,15(22)19-27-14-5-3-4-8-26-14)6-7-20-11-13-9-12(18)10-21(13)16(20)23/h9-10,14H,3-8,11H2,1-2H3,(H,19,22)/t14?,17-/m1/s1. The number of ether oxygens (including phenoxy) is 1. The Morgan fingerprint density at radius 3 is 2.82 bits per heavy atom. The van der Waals surface area contributed by atoms with Gasteiger partial charge >= 0.3 is 6.03 Å². The van der Waals surface area contributed by atoms with E-state index in [4.69, 9.17) is 9.57 Å². The van der Waals surface area contributed by atoms with Gasteiger partial charge in [-0.1, -0.05) is 0 Å². The molecule has 9 nitrogen and oxygen atoms in total. The third-order valence-corrected chi connectivity index (χ3v) is 7.73. The lowest BCUT2D eigenvalue weighted by atomic mass is 10.1. The van der Waals surface area contributed by atoms with E-state index in [2.05, 4.69) is 21.4 Å². The number of carbonyl (C=O) groups is 2. The van der Waals surface area contributed by atoms with Gasteiger partial charge in [-0.25, -0.2) is 23.5 Å². The molecule has 1 N–H and O–H groups in total. The quantitative estimate of drug-likeness (QED) is 0.599. The fourth-order valence-corrected chi connectivity index (χ4v) is 4.52. The Bertz CT molecular complexity index is 864. The molecular formula is C17H24BrN3O6S. The number of rotatable bonds is 7. The van der Waals surface area contributed by atoms with Gasteiger partial charge in [0.05, 0.1) is 6.54 Å². The maximum absolute atomic E-state index is 12.7. The van der Waals surface area contributed by atoms with Crippen molar-refractivity contribution in [3.63, 3.8) is 0 Å². The Morgan fingerprint density at radius 2 is 2.21 bits per heavy atom. The summed E-state index contributed by atoms with van der Waals surface area (Å²) in [4.78, 5) is 31.9. The van der Waals surface area contributed by atoms with Gasteiger partial charge in [-0.2, -0.15) is 0 Å². The zero-order valence-electron chi connectivity index (χ0n) is 15.8. The van der Waals surface area contributed by atoms with Gasteiger partial charge in [0.2, 0.25) is 0 Å². The first kappa shape index (κ1) is 21.3. The Kier molecular flexibility index (Phi) is 6.18. The van der Waals surface area contributed by atoms with Crippen LogP contribution in [0.1, 0.15) is 38.3 Å². The summed E-state index contributed by atoms with van der Waals surface area (Å²) in [6, 6.07) is 1.59. The molecule has 0 bridgehead atoms. The second kappa shape index (κ2) is 8.13. The lowest BCUT2D eigenvalue weighted by Crippen LogP contribution is -2.52. The molecule has 3 rings (SSSR count). The van der Waals surface area contributed by atoms with Crippen LogP contribution in [0.25, 0.3) is 0 Å². The van der Waals surface area contributed by atoms with Crippen molar-refractivity contribution in [3.05, 3.63) is 22.4 Å². The highest BCUT2D eigenvalue weighted by molar-refractivity contribution is 9.10. The summed E-state index contributed by atoms with van der Waals surface area (Å²) >= 11 is 3.32. The van der Waals surface area contributed by atoms with E-state index >= 15 is 0 Å². The molecule has 1 aromatic rings. The number of carbonyl (C=O) groups excluding carboxylic acids is 2. The normalized spacial score (nSPS) is 22.0. The molecule has 28 heavy (non-hydrogen) atoms. The minimum Gasteiger partial charge on any atom is -0.350 e. The van der Waals surface area contributed by atoms with Crippen molar-refractivity contribution in [3.8, 4) is 0 Å². The maximum Gasteiger partial charge on any atom is 0.328 e. The maximum atomic E-state index is 12.7. The third kappa shape index (κ3) is 4.27. The highest BCUT2D eigenvalue weighted by atomic mass is 79.9. The first-order chi connectivity index (χ1) is 13.1. The van der Waals surface area contributed by atoms with Crippen molar-refractivity contribution in [2.75, 3.05) is 19.4 Å². The number of halogens is 1. The number of nitrogens with zero attached hydrogens (tertiary/aromatic N) is 2. The Morgan fingerprint density at radius 1 is 1.46 bits per heavy atom. The van der Waals surface area contributed by atoms with Crippen LogP contribution in [0, 0.1) is 0 Å². The van der Waals surface area contributed by atoms with Crippen LogP contribution in [-0.4, -0.2) is 60.3 Å². The molecule has 2 amide bonds. The Hall–Kier alpha value is -1.43. The molecule has 1 aromatic heterocycles. The lowest BCUT2D eigenvalue weighted by molar-refractivity contribution is -0.201. The van der Waals surface area contributed by atoms with Gasteiger partial charge in [0.15, 0.2) is 20.9 Å². The number of nitrogens with one attached hydrogen (secondary N) is 1. The molecule has 0 aromatic carbocycles. The van der Waals surface area contributed by atoms with Gasteiger partial charge in [0.1, 0.15) is 0 Å². The highest BCUT2D eigenvalue weighted by Gasteiger charge is 2.45. The number of aromatic nitrogens is 1. The minimum absolute atomic E-state index is 0.0513. The summed E-state index contributed by atoms with van der Waals surface area (Å²) in [5.74, 6) is -0.766. The van der Waals surface area contributed by atoms with E-state index in [1.807, 2.05) is 6.07 Å². The van der Waals surface area contributed by atoms with Crippen LogP contribution in [0.2, 0.25) is 0 Å². The molecule has 0 saturated carbocycles. The third-order valence-electron chi connectivity index (χ3n) is 5.27. The number of hydrogen-bond donors (Lipinski definition) is 1. The van der Waals surface area contributed by atoms with Crippen LogP contribution in [-0.2, 0) is 30.8 Å². The molecule has 2 atom stereocenters. The summed E-state index contributed by atoms with van der Waals surface area (Å²) in [6.45, 7) is 2.37. The van der Waals surface area contributed by atoms with Crippen LogP contribution >= 0.6 is 15.9 Å². The first-order valence-electron chi connectivity index (χ1n) is 9.05. The monoisotopic (exact) mass is 477 g/mol. The molecule has 156 valence electrons. The van der Waals surface area contributed by atoms with Crippen molar-refractivity contribution in [1.82, 2.24) is 14.9 Å². The zero-order chi connectivity index (χ0) is 20.5. The van der Waals surface area contributed by atoms with Crippen LogP contribution in [0.5, 0.6) is 0 Å². The Balaban J connectivity index is 1.63. The van der Waals surface area contributed by atoms with Crippen LogP contribution < -0.4 is 5.48 Å². The van der Waals surface area contributed by atoms with Crippen molar-refractivity contribution < 1.29 is 27.6 Å². The van der Waals surface area contributed by atoms with Gasteiger partial charge in [0.25, 0.3) is 5.91 Å². The summed E-state index contributed by atoms with van der Waals surface area (Å²) in [5, 5.41) is 0. The summed E-state index contributed by atoms with van der Waals surface area (Å²) in [5.41, 5.74) is 3.05. The molecule has 3 heterocycles. The number of amides is 2. The summed E-state index contributed by atoms with van der Waals surface area (Å²) in [7, 11) is -3.77. The second-order valence-electron chi connectivity index (χ2n) is 7.32. The molecule has 1 unspecified atom stereocenters. The van der Waals surface area contributed by atoms with Gasteiger partial charge in [0, 0.05) is 42.2 Å². The van der Waals surface area contributed by atoms with Crippen LogP contribution in [0.4, 0.5) is 4.79 Å². The van der Waals surface area contributed by atoms with E-state index < -0.39 is 26.8 Å². The number of fused-ring (bicyclic) bond motifs is 1. The molecule has 2 aliphatic rings. The average molecular weight is 478 g/mol. The SMILES string of the molecule is C[C@@](CCN1Cc2cc(Br)cn2C1=O)(C(=O)NOC1CCCCO1)S(C)(=O)=O. The molecule has 2 aliphatic heterocycles. The fourth-order valence-electron chi connectivity index (χ4n) is 3.21. The van der Waals surface area contributed by atoms with Crippen molar-refractivity contribution in [1.29, 1.82) is 0 Å². The summed E-state index contributed by atoms with van der Waals surface area (Å²) in [6.07, 6.45) is 4.52. The predicted molar refractivity (Wildman–Crippen MR) is 104 cm³/mol. The van der Waals surface area contributed by atoms with Gasteiger partial charge in [-0.05, 0) is 48.2 Å². The Labute approximate surface area is 172 Å². The molecule has 11 heteroatoms. The first-order valence-corrected chi connectivity index (χ1v) is 11.7. The van der Waals surface area contributed by atoms with Crippen LogP contribution in [0.15, 0.2) is 16.7 Å². The highest BCUT2D eigenvalue weighted by Crippen LogP contribution is 2.27. The van der Waals surface area contributed by atoms with Crippen molar-refractivity contribution in [2.45, 2.75) is 50.2 Å². The number of hydrogen-bond acceptors (Lipinski definition) is 6. The zero-order valence-corrected chi connectivity index (χ0v) is 18.2. The van der Waals surface area contributed by atoms with E-state index in [0.717, 1.165) is 29.3 Å². The van der Waals surface area contributed by atoms with Crippen molar-refractivity contribution >= 4 is 37.7 Å². The smallest absolute Gasteiger partial charge is 0.328 e. The van der Waals surface area contributed by atoms with E-state index in [0.29, 0.717) is 19.6 Å². The summed E-state index contributed by atoms with van der Waals surface area (Å²) < 4.78 is 30.7. The number of sulfone groups is 1. The minimum atomic E-state index is -3.77. The topological polar surface area (TPSA) is 107 Å². The molecule has 0 radical (unpaired) electrons. The van der Waals surface area contributed by atoms with Gasteiger partial charge in [-0.15, -0.1) is 0 Å². The van der Waals surface area contributed by atoms with E-state index in [1.165, 1.54) is 16.4 Å². The average Bonchev–Trinajstić information content (AvgIpc) is 3.14. The van der Waals surface area contributed by atoms with Gasteiger partial charge < -0.3 is 9.64 Å². The second-order valence-corrected chi connectivity index (χ2v) is 10.7. The molecule has 0 spiro atoms. The van der Waals surface area contributed by atoms with E-state index in [1.54, 1.807) is 6.20 Å². The molecule has 0 aliphatic carbocycles. The van der Waals surface area contributed by atoms with Gasteiger partial charge in [-0.3, -0.25) is 9.36 Å². The van der Waals surface area contributed by atoms with Crippen molar-refractivity contribution in [2.24, 2.45) is 0 Å². The molecule has 1 saturated heterocycles. The largest absolute Gasteiger partial charge is 0.350 e. The number of hydroxylamine groups is 1. The molecular weight excluding hydrogens is 454 g/mol. The lowest BCUT2D eigenvalue weighted by Gasteiger charge is -2.29. The fraction of sp³-hybridized carbons (Fsp3) is 0.647. The van der Waals surface area contributed by atoms with E-state index in [-0.39, 0.29) is 19.0 Å². The molecule has 1 fully saturated rings. The van der Waals surface area contributed by atoms with Crippen LogP contribution in [0.3, 0.4) is 0 Å².